The third-order valence-electron chi connectivity index (χ3n) is 4.07. The van der Waals surface area contributed by atoms with E-state index in [0.717, 1.165) is 22.9 Å². The molecule has 2 nitrogen and oxygen atoms in total. The minimum absolute atomic E-state index is 0.218. The quantitative estimate of drug-likeness (QED) is 0.887. The lowest BCUT2D eigenvalue weighted by atomic mass is 9.78. The molecule has 0 fully saturated rings. The number of aliphatic hydroxyl groups excluding tert-OH is 1. The maximum atomic E-state index is 10.4. The molecule has 2 aromatic rings. The Morgan fingerprint density at radius 1 is 1.21 bits per heavy atom. The van der Waals surface area contributed by atoms with Gasteiger partial charge in [0.25, 0.3) is 0 Å². The molecule has 0 aliphatic rings. The van der Waals surface area contributed by atoms with Crippen molar-refractivity contribution < 1.29 is 5.11 Å². The highest BCUT2D eigenvalue weighted by Gasteiger charge is 2.23. The fourth-order valence-electron chi connectivity index (χ4n) is 2.12. The molecule has 0 aliphatic heterocycles. The lowest BCUT2D eigenvalue weighted by Crippen LogP contribution is -2.19. The predicted octanol–water partition coefficient (Wildman–Crippen LogP) is 4.34. The van der Waals surface area contributed by atoms with E-state index in [0.29, 0.717) is 5.92 Å². The van der Waals surface area contributed by atoms with E-state index in [4.69, 9.17) is 0 Å². The monoisotopic (exact) mass is 257 g/mol. The number of benzene rings is 1. The molecule has 1 aromatic carbocycles. The third-order valence-corrected chi connectivity index (χ3v) is 4.07. The van der Waals surface area contributed by atoms with Crippen LogP contribution in [-0.2, 0) is 0 Å². The molecule has 102 valence electrons. The average Bonchev–Trinajstić information content (AvgIpc) is 2.37. The third kappa shape index (κ3) is 3.32. The van der Waals surface area contributed by atoms with Crippen molar-refractivity contribution in [1.29, 1.82) is 0 Å². The van der Waals surface area contributed by atoms with Crippen LogP contribution in [0.2, 0.25) is 0 Å². The SMILES string of the molecule is CC(CC(O)c1ccc2cccnc2c1)C(C)(C)C. The van der Waals surface area contributed by atoms with E-state index in [2.05, 4.69) is 32.7 Å². The first kappa shape index (κ1) is 14.0. The van der Waals surface area contributed by atoms with E-state index < -0.39 is 6.10 Å². The van der Waals surface area contributed by atoms with Crippen LogP contribution in [0.5, 0.6) is 0 Å². The van der Waals surface area contributed by atoms with Gasteiger partial charge in [-0.15, -0.1) is 0 Å². The van der Waals surface area contributed by atoms with Gasteiger partial charge in [-0.2, -0.15) is 0 Å². The van der Waals surface area contributed by atoms with Gasteiger partial charge in [-0.25, -0.2) is 0 Å². The molecule has 0 radical (unpaired) electrons. The van der Waals surface area contributed by atoms with Gasteiger partial charge in [0.2, 0.25) is 0 Å². The van der Waals surface area contributed by atoms with Gasteiger partial charge in [0.05, 0.1) is 11.6 Å². The van der Waals surface area contributed by atoms with Crippen molar-refractivity contribution in [2.75, 3.05) is 0 Å². The summed E-state index contributed by atoms with van der Waals surface area (Å²) in [4.78, 5) is 4.34. The lowest BCUT2D eigenvalue weighted by Gasteiger charge is -2.29. The second-order valence-corrected chi connectivity index (χ2v) is 6.47. The maximum absolute atomic E-state index is 10.4. The zero-order chi connectivity index (χ0) is 14.0. The molecule has 1 N–H and O–H groups in total. The standard InChI is InChI=1S/C17H23NO/c1-12(17(2,3)4)10-16(19)14-8-7-13-6-5-9-18-15(13)11-14/h5-9,11-12,16,19H,10H2,1-4H3. The highest BCUT2D eigenvalue weighted by atomic mass is 16.3. The molecular weight excluding hydrogens is 234 g/mol. The van der Waals surface area contributed by atoms with Crippen LogP contribution in [0.15, 0.2) is 36.5 Å². The number of fused-ring (bicyclic) bond motifs is 1. The van der Waals surface area contributed by atoms with Crippen molar-refractivity contribution >= 4 is 10.9 Å². The maximum Gasteiger partial charge on any atom is 0.0793 e. The first-order chi connectivity index (χ1) is 8.88. The Balaban J connectivity index is 2.19. The molecule has 0 bridgehead atoms. The molecule has 2 heteroatoms. The zero-order valence-electron chi connectivity index (χ0n) is 12.2. The van der Waals surface area contributed by atoms with E-state index >= 15 is 0 Å². The summed E-state index contributed by atoms with van der Waals surface area (Å²) in [5, 5.41) is 11.5. The van der Waals surface area contributed by atoms with Gasteiger partial charge in [-0.1, -0.05) is 45.9 Å². The summed E-state index contributed by atoms with van der Waals surface area (Å²) in [6, 6.07) is 10.00. The summed E-state index contributed by atoms with van der Waals surface area (Å²) < 4.78 is 0. The number of pyridine rings is 1. The number of nitrogens with zero attached hydrogens (tertiary/aromatic N) is 1. The van der Waals surface area contributed by atoms with Crippen LogP contribution in [-0.4, -0.2) is 10.1 Å². The highest BCUT2D eigenvalue weighted by Crippen LogP contribution is 2.33. The molecule has 0 spiro atoms. The van der Waals surface area contributed by atoms with E-state index in [9.17, 15) is 5.11 Å². The lowest BCUT2D eigenvalue weighted by molar-refractivity contribution is 0.111. The van der Waals surface area contributed by atoms with Gasteiger partial charge in [0, 0.05) is 11.6 Å². The van der Waals surface area contributed by atoms with Crippen LogP contribution in [0.1, 0.15) is 45.8 Å². The van der Waals surface area contributed by atoms with Crippen molar-refractivity contribution in [3.8, 4) is 0 Å². The first-order valence-corrected chi connectivity index (χ1v) is 6.90. The molecule has 0 amide bonds. The zero-order valence-corrected chi connectivity index (χ0v) is 12.2. The molecule has 0 saturated heterocycles. The van der Waals surface area contributed by atoms with Gasteiger partial charge >= 0.3 is 0 Å². The van der Waals surface area contributed by atoms with Gasteiger partial charge in [-0.3, -0.25) is 4.98 Å². The Morgan fingerprint density at radius 2 is 1.95 bits per heavy atom. The number of aromatic nitrogens is 1. The Kier molecular flexibility index (Phi) is 3.91. The first-order valence-electron chi connectivity index (χ1n) is 6.90. The number of aliphatic hydroxyl groups is 1. The molecule has 2 atom stereocenters. The van der Waals surface area contributed by atoms with Crippen LogP contribution in [0, 0.1) is 11.3 Å². The van der Waals surface area contributed by atoms with Gasteiger partial charge in [0.15, 0.2) is 0 Å². The Hall–Kier alpha value is -1.41. The molecule has 2 rings (SSSR count). The molecule has 1 aromatic heterocycles. The Morgan fingerprint density at radius 3 is 2.63 bits per heavy atom. The number of hydrogen-bond acceptors (Lipinski definition) is 2. The van der Waals surface area contributed by atoms with Crippen LogP contribution in [0.4, 0.5) is 0 Å². The summed E-state index contributed by atoms with van der Waals surface area (Å²) in [6.45, 7) is 8.84. The molecular formula is C17H23NO. The van der Waals surface area contributed by atoms with Crippen molar-refractivity contribution in [2.45, 2.75) is 40.2 Å². The summed E-state index contributed by atoms with van der Waals surface area (Å²) >= 11 is 0. The van der Waals surface area contributed by atoms with Crippen molar-refractivity contribution in [3.63, 3.8) is 0 Å². The fourth-order valence-corrected chi connectivity index (χ4v) is 2.12. The highest BCUT2D eigenvalue weighted by molar-refractivity contribution is 5.78. The average molecular weight is 257 g/mol. The smallest absolute Gasteiger partial charge is 0.0793 e. The van der Waals surface area contributed by atoms with Gasteiger partial charge < -0.3 is 5.11 Å². The van der Waals surface area contributed by atoms with Crippen LogP contribution >= 0.6 is 0 Å². The second kappa shape index (κ2) is 5.30. The van der Waals surface area contributed by atoms with Crippen LogP contribution in [0.25, 0.3) is 10.9 Å². The van der Waals surface area contributed by atoms with E-state index in [1.54, 1.807) is 6.20 Å². The normalized spacial score (nSPS) is 15.4. The molecule has 0 saturated carbocycles. The van der Waals surface area contributed by atoms with Crippen LogP contribution in [0.3, 0.4) is 0 Å². The Labute approximate surface area is 115 Å². The predicted molar refractivity (Wildman–Crippen MR) is 79.9 cm³/mol. The topological polar surface area (TPSA) is 33.1 Å². The van der Waals surface area contributed by atoms with Gasteiger partial charge in [-0.05, 0) is 35.4 Å². The largest absolute Gasteiger partial charge is 0.388 e. The van der Waals surface area contributed by atoms with E-state index in [1.165, 1.54) is 0 Å². The minimum atomic E-state index is -0.416. The fraction of sp³-hybridized carbons (Fsp3) is 0.471. The van der Waals surface area contributed by atoms with Crippen molar-refractivity contribution in [2.24, 2.45) is 11.3 Å². The van der Waals surface area contributed by atoms with Crippen LogP contribution < -0.4 is 0 Å². The summed E-state index contributed by atoms with van der Waals surface area (Å²) in [7, 11) is 0. The Bertz CT molecular complexity index is 556. The minimum Gasteiger partial charge on any atom is -0.388 e. The summed E-state index contributed by atoms with van der Waals surface area (Å²) in [5.74, 6) is 0.460. The summed E-state index contributed by atoms with van der Waals surface area (Å²) in [5.41, 5.74) is 2.13. The number of hydrogen-bond donors (Lipinski definition) is 1. The molecule has 19 heavy (non-hydrogen) atoms. The molecule has 1 heterocycles. The molecule has 0 aliphatic carbocycles. The molecule has 2 unspecified atom stereocenters. The summed E-state index contributed by atoms with van der Waals surface area (Å²) in [6.07, 6.45) is 2.15. The van der Waals surface area contributed by atoms with Crippen molar-refractivity contribution in [3.05, 3.63) is 42.1 Å². The van der Waals surface area contributed by atoms with E-state index in [-0.39, 0.29) is 5.41 Å². The number of rotatable bonds is 3. The van der Waals surface area contributed by atoms with Gasteiger partial charge in [0.1, 0.15) is 0 Å². The van der Waals surface area contributed by atoms with E-state index in [1.807, 2.05) is 30.3 Å². The second-order valence-electron chi connectivity index (χ2n) is 6.47. The van der Waals surface area contributed by atoms with Crippen molar-refractivity contribution in [1.82, 2.24) is 4.98 Å².